The van der Waals surface area contributed by atoms with Crippen LogP contribution in [0.25, 0.3) is 0 Å². The fourth-order valence-corrected chi connectivity index (χ4v) is 3.20. The Bertz CT molecular complexity index is 1100. The van der Waals surface area contributed by atoms with Crippen LogP contribution in [0, 0.1) is 11.3 Å². The van der Waals surface area contributed by atoms with Gasteiger partial charge in [0.2, 0.25) is 5.91 Å². The lowest BCUT2D eigenvalue weighted by Gasteiger charge is -2.13. The Kier molecular flexibility index (Phi) is 7.56. The molecule has 0 aliphatic heterocycles. The Labute approximate surface area is 170 Å². The molecule has 150 valence electrons. The number of hydrogen-bond donors (Lipinski definition) is 1. The van der Waals surface area contributed by atoms with E-state index in [1.807, 2.05) is 6.07 Å². The molecular formula is C19H19N5O4S. The van der Waals surface area contributed by atoms with Gasteiger partial charge in [0.25, 0.3) is 0 Å². The van der Waals surface area contributed by atoms with Crippen LogP contribution in [0.3, 0.4) is 0 Å². The highest BCUT2D eigenvalue weighted by Gasteiger charge is 2.17. The molecule has 0 fully saturated rings. The molecule has 0 aliphatic rings. The van der Waals surface area contributed by atoms with E-state index in [4.69, 9.17) is 5.26 Å². The fraction of sp³-hybridized carbons (Fsp3) is 0.211. The van der Waals surface area contributed by atoms with Crippen LogP contribution < -0.4 is 22.4 Å². The van der Waals surface area contributed by atoms with Gasteiger partial charge in [-0.3, -0.25) is 4.79 Å². The first kappa shape index (κ1) is 21.7. The molecule has 29 heavy (non-hydrogen) atoms. The summed E-state index contributed by atoms with van der Waals surface area (Å²) in [6.07, 6.45) is 2.69. The van der Waals surface area contributed by atoms with Gasteiger partial charge in [0.05, 0.1) is 30.6 Å². The lowest BCUT2D eigenvalue weighted by Crippen LogP contribution is -2.55. The average Bonchev–Trinajstić information content (AvgIpc) is 2.71. The van der Waals surface area contributed by atoms with E-state index in [0.29, 0.717) is 15.1 Å². The van der Waals surface area contributed by atoms with E-state index in [0.717, 1.165) is 9.13 Å². The zero-order valence-corrected chi connectivity index (χ0v) is 16.4. The minimum absolute atomic E-state index is 0.107. The molecule has 0 radical (unpaired) electrons. The van der Waals surface area contributed by atoms with Gasteiger partial charge in [-0.25, -0.2) is 28.1 Å². The molecule has 1 aromatic carbocycles. The number of nitrogens with zero attached hydrogens (tertiary/aromatic N) is 4. The van der Waals surface area contributed by atoms with Crippen LogP contribution in [0.4, 0.5) is 5.69 Å². The monoisotopic (exact) mass is 413 g/mol. The van der Waals surface area contributed by atoms with Gasteiger partial charge in [-0.1, -0.05) is 24.3 Å². The standard InChI is InChI=1S/C19H19N5O4S/c1-3-10-22-17(26)23(11-4-2)19(28)24(18(22)27)13-16(25)21-14-7-5-6-8-15(14)29-12-9-20/h3-8H,1-2,10-13H2,(H,21,25). The van der Waals surface area contributed by atoms with Crippen molar-refractivity contribution in [3.63, 3.8) is 0 Å². The van der Waals surface area contributed by atoms with Crippen molar-refractivity contribution in [3.05, 3.63) is 81.0 Å². The summed E-state index contributed by atoms with van der Waals surface area (Å²) in [5.41, 5.74) is -2.14. The summed E-state index contributed by atoms with van der Waals surface area (Å²) >= 11 is 1.24. The first-order valence-corrected chi connectivity index (χ1v) is 9.48. The molecule has 9 nitrogen and oxygen atoms in total. The molecule has 0 atom stereocenters. The number of anilines is 1. The van der Waals surface area contributed by atoms with Crippen molar-refractivity contribution in [2.45, 2.75) is 24.5 Å². The van der Waals surface area contributed by atoms with Crippen molar-refractivity contribution in [3.8, 4) is 6.07 Å². The van der Waals surface area contributed by atoms with Gasteiger partial charge in [-0.15, -0.1) is 24.9 Å². The molecule has 0 spiro atoms. The Morgan fingerprint density at radius 3 is 2.14 bits per heavy atom. The second kappa shape index (κ2) is 10.1. The largest absolute Gasteiger partial charge is 0.337 e. The quantitative estimate of drug-likeness (QED) is 0.480. The highest BCUT2D eigenvalue weighted by atomic mass is 32.2. The van der Waals surface area contributed by atoms with E-state index in [1.54, 1.807) is 24.3 Å². The smallest absolute Gasteiger partial charge is 0.324 e. The van der Waals surface area contributed by atoms with Gasteiger partial charge >= 0.3 is 17.1 Å². The topological polar surface area (TPSA) is 119 Å². The second-order valence-electron chi connectivity index (χ2n) is 5.72. The highest BCUT2D eigenvalue weighted by Crippen LogP contribution is 2.26. The molecule has 1 amide bonds. The number of allylic oxidation sites excluding steroid dienone is 2. The number of hydrogen-bond acceptors (Lipinski definition) is 6. The summed E-state index contributed by atoms with van der Waals surface area (Å²) < 4.78 is 2.33. The molecule has 0 saturated heterocycles. The van der Waals surface area contributed by atoms with Crippen molar-refractivity contribution in [2.75, 3.05) is 11.1 Å². The van der Waals surface area contributed by atoms with Crippen LogP contribution >= 0.6 is 11.8 Å². The molecule has 0 unspecified atom stereocenters. The van der Waals surface area contributed by atoms with Gasteiger partial charge in [-0.2, -0.15) is 5.26 Å². The molecule has 2 rings (SSSR count). The predicted octanol–water partition coefficient (Wildman–Crippen LogP) is 0.798. The second-order valence-corrected chi connectivity index (χ2v) is 6.74. The van der Waals surface area contributed by atoms with Crippen LogP contribution in [-0.4, -0.2) is 25.4 Å². The van der Waals surface area contributed by atoms with E-state index >= 15 is 0 Å². The number of carbonyl (C=O) groups excluding carboxylic acids is 1. The zero-order chi connectivity index (χ0) is 21.4. The number of benzene rings is 1. The third-order valence-corrected chi connectivity index (χ3v) is 4.70. The molecule has 1 heterocycles. The molecular weight excluding hydrogens is 394 g/mol. The van der Waals surface area contributed by atoms with Crippen molar-refractivity contribution < 1.29 is 4.79 Å². The molecule has 0 aliphatic carbocycles. The molecule has 0 saturated carbocycles. The molecule has 1 N–H and O–H groups in total. The normalized spacial score (nSPS) is 10.2. The Morgan fingerprint density at radius 2 is 1.59 bits per heavy atom. The van der Waals surface area contributed by atoms with Crippen molar-refractivity contribution in [1.29, 1.82) is 5.26 Å². The van der Waals surface area contributed by atoms with Gasteiger partial charge in [0.1, 0.15) is 6.54 Å². The number of amides is 1. The van der Waals surface area contributed by atoms with E-state index in [9.17, 15) is 19.2 Å². The number of nitrogens with one attached hydrogen (secondary N) is 1. The maximum Gasteiger partial charge on any atom is 0.337 e. The van der Waals surface area contributed by atoms with Crippen LogP contribution in [0.15, 0.2) is 68.9 Å². The summed E-state index contributed by atoms with van der Waals surface area (Å²) in [6, 6.07) is 8.87. The third-order valence-electron chi connectivity index (χ3n) is 3.76. The maximum atomic E-state index is 12.6. The lowest BCUT2D eigenvalue weighted by molar-refractivity contribution is -0.116. The van der Waals surface area contributed by atoms with E-state index in [-0.39, 0.29) is 18.8 Å². The van der Waals surface area contributed by atoms with Crippen molar-refractivity contribution in [2.24, 2.45) is 0 Å². The van der Waals surface area contributed by atoms with Gasteiger partial charge in [-0.05, 0) is 12.1 Å². The number of carbonyl (C=O) groups is 1. The Hall–Kier alpha value is -3.58. The minimum Gasteiger partial charge on any atom is -0.324 e. The fourth-order valence-electron chi connectivity index (χ4n) is 2.53. The highest BCUT2D eigenvalue weighted by molar-refractivity contribution is 7.99. The summed E-state index contributed by atoms with van der Waals surface area (Å²) in [6.45, 7) is 6.20. The summed E-state index contributed by atoms with van der Waals surface area (Å²) in [5.74, 6) is -0.423. The van der Waals surface area contributed by atoms with Crippen LogP contribution in [-0.2, 0) is 24.4 Å². The van der Waals surface area contributed by atoms with Crippen molar-refractivity contribution in [1.82, 2.24) is 13.7 Å². The maximum absolute atomic E-state index is 12.6. The summed E-state index contributed by atoms with van der Waals surface area (Å²) in [7, 11) is 0. The molecule has 2 aromatic rings. The third kappa shape index (κ3) is 5.03. The lowest BCUT2D eigenvalue weighted by atomic mass is 10.3. The van der Waals surface area contributed by atoms with Crippen LogP contribution in [0.1, 0.15) is 0 Å². The van der Waals surface area contributed by atoms with Crippen LogP contribution in [0.2, 0.25) is 0 Å². The number of rotatable bonds is 9. The van der Waals surface area contributed by atoms with Gasteiger partial charge in [0, 0.05) is 4.90 Å². The predicted molar refractivity (Wildman–Crippen MR) is 111 cm³/mol. The Balaban J connectivity index is 2.41. The number of aromatic nitrogens is 3. The molecule has 1 aromatic heterocycles. The van der Waals surface area contributed by atoms with Crippen molar-refractivity contribution >= 4 is 23.4 Å². The summed E-state index contributed by atoms with van der Waals surface area (Å²) in [5, 5.41) is 11.4. The number of nitriles is 1. The average molecular weight is 413 g/mol. The van der Waals surface area contributed by atoms with E-state index in [2.05, 4.69) is 18.5 Å². The first-order valence-electron chi connectivity index (χ1n) is 8.49. The molecule has 10 heteroatoms. The van der Waals surface area contributed by atoms with Gasteiger partial charge < -0.3 is 5.32 Å². The van der Waals surface area contributed by atoms with Gasteiger partial charge in [0.15, 0.2) is 0 Å². The minimum atomic E-state index is -0.900. The first-order chi connectivity index (χ1) is 13.9. The Morgan fingerprint density at radius 1 is 1.03 bits per heavy atom. The summed E-state index contributed by atoms with van der Waals surface area (Å²) in [4.78, 5) is 50.7. The zero-order valence-electron chi connectivity index (χ0n) is 15.5. The number of thioether (sulfide) groups is 1. The van der Waals surface area contributed by atoms with E-state index < -0.39 is 29.5 Å². The SMILES string of the molecule is C=CCn1c(=O)n(CC=C)c(=O)n(CC(=O)Nc2ccccc2SCC#N)c1=O. The van der Waals surface area contributed by atoms with E-state index in [1.165, 1.54) is 23.9 Å². The van der Waals surface area contributed by atoms with Crippen LogP contribution in [0.5, 0.6) is 0 Å². The molecule has 0 bridgehead atoms. The number of para-hydroxylation sites is 1.